The molecule has 36 valence electrons. The predicted octanol–water partition coefficient (Wildman–Crippen LogP) is 1.08. The highest BCUT2D eigenvalue weighted by atomic mass is 15.4. The van der Waals surface area contributed by atoms with E-state index in [1.54, 1.807) is 0 Å². The van der Waals surface area contributed by atoms with Crippen molar-refractivity contribution in [2.45, 2.75) is 19.0 Å². The second-order valence-corrected chi connectivity index (χ2v) is 1.48. The summed E-state index contributed by atoms with van der Waals surface area (Å²) in [6.07, 6.45) is 0.712. The molecule has 1 aliphatic rings. The zero-order chi connectivity index (χ0) is 5.33. The van der Waals surface area contributed by atoms with E-state index in [1.165, 1.54) is 0 Å². The first-order valence-electron chi connectivity index (χ1n) is 2.18. The van der Waals surface area contributed by atoms with Crippen molar-refractivity contribution in [2.24, 2.45) is 10.2 Å². The molecule has 7 heavy (non-hydrogen) atoms. The Bertz CT molecular complexity index is 136. The summed E-state index contributed by atoms with van der Waals surface area (Å²) >= 11 is 0. The van der Waals surface area contributed by atoms with Crippen LogP contribution in [0.1, 0.15) is 13.3 Å². The lowest BCUT2D eigenvalue weighted by Crippen LogP contribution is -2.02. The molecule has 1 rings (SSSR count). The van der Waals surface area contributed by atoms with Crippen molar-refractivity contribution < 1.29 is 0 Å². The number of nitriles is 1. The molecule has 0 fully saturated rings. The zero-order valence-electron chi connectivity index (χ0n) is 4.05. The first-order chi connectivity index (χ1) is 3.33. The van der Waals surface area contributed by atoms with E-state index in [0.29, 0.717) is 6.42 Å². The summed E-state index contributed by atoms with van der Waals surface area (Å²) in [5.74, 6) is 0. The van der Waals surface area contributed by atoms with E-state index in [9.17, 15) is 0 Å². The topological polar surface area (TPSA) is 48.5 Å². The fourth-order valence-electron chi connectivity index (χ4n) is 0.326. The van der Waals surface area contributed by atoms with Crippen LogP contribution in [0.2, 0.25) is 0 Å². The molecule has 0 unspecified atom stereocenters. The first kappa shape index (κ1) is 4.25. The maximum atomic E-state index is 8.22. The molecule has 1 heterocycles. The van der Waals surface area contributed by atoms with Crippen molar-refractivity contribution >= 4 is 0 Å². The van der Waals surface area contributed by atoms with Crippen LogP contribution >= 0.6 is 0 Å². The lowest BCUT2D eigenvalue weighted by molar-refractivity contribution is 0.726. The standard InChI is InChI=1S/C4H5N3/c1-2-4(3-5)6-7-4/h2H2,1H3. The fraction of sp³-hybridized carbons (Fsp3) is 0.750. The summed E-state index contributed by atoms with van der Waals surface area (Å²) in [5, 5.41) is 15.3. The van der Waals surface area contributed by atoms with E-state index < -0.39 is 5.66 Å². The summed E-state index contributed by atoms with van der Waals surface area (Å²) in [6, 6.07) is 1.97. The summed E-state index contributed by atoms with van der Waals surface area (Å²) < 4.78 is 0. The summed E-state index contributed by atoms with van der Waals surface area (Å²) in [7, 11) is 0. The normalized spacial score (nSPS) is 21.1. The molecule has 0 bridgehead atoms. The molecule has 0 aromatic carbocycles. The van der Waals surface area contributed by atoms with Crippen molar-refractivity contribution in [2.75, 3.05) is 0 Å². The maximum Gasteiger partial charge on any atom is 0.274 e. The Kier molecular flexibility index (Phi) is 0.626. The Morgan fingerprint density at radius 2 is 2.29 bits per heavy atom. The maximum absolute atomic E-state index is 8.22. The van der Waals surface area contributed by atoms with Crippen molar-refractivity contribution in [3.8, 4) is 6.07 Å². The molecule has 1 aliphatic heterocycles. The van der Waals surface area contributed by atoms with Crippen LogP contribution in [0.5, 0.6) is 0 Å². The van der Waals surface area contributed by atoms with E-state index in [-0.39, 0.29) is 0 Å². The van der Waals surface area contributed by atoms with E-state index in [1.807, 2.05) is 13.0 Å². The fourth-order valence-corrected chi connectivity index (χ4v) is 0.326. The van der Waals surface area contributed by atoms with Crippen LogP contribution in [0.3, 0.4) is 0 Å². The zero-order valence-corrected chi connectivity index (χ0v) is 4.05. The van der Waals surface area contributed by atoms with E-state index in [2.05, 4.69) is 10.2 Å². The van der Waals surface area contributed by atoms with Gasteiger partial charge in [0.1, 0.15) is 6.07 Å². The van der Waals surface area contributed by atoms with Crippen LogP contribution < -0.4 is 0 Å². The minimum atomic E-state index is -0.611. The quantitative estimate of drug-likeness (QED) is 0.480. The smallest absolute Gasteiger partial charge is 0.193 e. The molecule has 0 radical (unpaired) electrons. The van der Waals surface area contributed by atoms with Gasteiger partial charge in [-0.25, -0.2) is 0 Å². The molecule has 3 nitrogen and oxygen atoms in total. The Morgan fingerprint density at radius 1 is 1.71 bits per heavy atom. The molecule has 0 spiro atoms. The van der Waals surface area contributed by atoms with Gasteiger partial charge in [-0.15, -0.1) is 10.2 Å². The lowest BCUT2D eigenvalue weighted by Gasteiger charge is -1.86. The van der Waals surface area contributed by atoms with Gasteiger partial charge in [0.25, 0.3) is 5.66 Å². The molecule has 0 aromatic heterocycles. The first-order valence-corrected chi connectivity index (χ1v) is 2.18. The average Bonchev–Trinajstić information content (AvgIpc) is 2.46. The molecule has 0 saturated carbocycles. The monoisotopic (exact) mass is 95.0 g/mol. The molecule has 0 saturated heterocycles. The Balaban J connectivity index is 2.50. The van der Waals surface area contributed by atoms with Gasteiger partial charge >= 0.3 is 0 Å². The average molecular weight is 95.1 g/mol. The van der Waals surface area contributed by atoms with Gasteiger partial charge in [-0.3, -0.25) is 0 Å². The molecular weight excluding hydrogens is 90.1 g/mol. The second-order valence-electron chi connectivity index (χ2n) is 1.48. The van der Waals surface area contributed by atoms with Crippen LogP contribution in [-0.2, 0) is 0 Å². The summed E-state index contributed by atoms with van der Waals surface area (Å²) in [5.41, 5.74) is -0.611. The van der Waals surface area contributed by atoms with Crippen molar-refractivity contribution in [3.63, 3.8) is 0 Å². The van der Waals surface area contributed by atoms with Crippen LogP contribution in [0, 0.1) is 11.3 Å². The van der Waals surface area contributed by atoms with E-state index in [0.717, 1.165) is 0 Å². The third kappa shape index (κ3) is 0.477. The SMILES string of the molecule is CCC1(C#N)N=N1. The van der Waals surface area contributed by atoms with Gasteiger partial charge in [-0.2, -0.15) is 5.26 Å². The van der Waals surface area contributed by atoms with Gasteiger partial charge in [-0.1, -0.05) is 6.92 Å². The number of nitrogens with zero attached hydrogens (tertiary/aromatic N) is 3. The highest BCUT2D eigenvalue weighted by Crippen LogP contribution is 2.29. The molecular formula is C4H5N3. The van der Waals surface area contributed by atoms with Crippen LogP contribution in [-0.4, -0.2) is 5.66 Å². The van der Waals surface area contributed by atoms with Gasteiger partial charge in [0.15, 0.2) is 0 Å². The molecule has 0 aliphatic carbocycles. The largest absolute Gasteiger partial charge is 0.274 e. The molecule has 0 N–H and O–H groups in total. The second kappa shape index (κ2) is 1.03. The number of hydrogen-bond donors (Lipinski definition) is 0. The third-order valence-electron chi connectivity index (χ3n) is 1.01. The Hall–Kier alpha value is -0.910. The molecule has 0 aromatic rings. The minimum absolute atomic E-state index is 0.611. The Morgan fingerprint density at radius 3 is 2.29 bits per heavy atom. The van der Waals surface area contributed by atoms with E-state index >= 15 is 0 Å². The van der Waals surface area contributed by atoms with Gasteiger partial charge in [0, 0.05) is 6.42 Å². The minimum Gasteiger partial charge on any atom is -0.193 e. The highest BCUT2D eigenvalue weighted by Gasteiger charge is 2.37. The number of rotatable bonds is 1. The van der Waals surface area contributed by atoms with Gasteiger partial charge in [0.05, 0.1) is 0 Å². The van der Waals surface area contributed by atoms with Crippen LogP contribution in [0.15, 0.2) is 10.2 Å². The highest BCUT2D eigenvalue weighted by molar-refractivity contribution is 5.10. The van der Waals surface area contributed by atoms with Crippen molar-refractivity contribution in [3.05, 3.63) is 0 Å². The lowest BCUT2D eigenvalue weighted by atomic mass is 10.2. The van der Waals surface area contributed by atoms with Crippen LogP contribution in [0.25, 0.3) is 0 Å². The Labute approximate surface area is 41.7 Å². The molecule has 0 amide bonds. The van der Waals surface area contributed by atoms with Gasteiger partial charge in [-0.05, 0) is 0 Å². The van der Waals surface area contributed by atoms with Crippen molar-refractivity contribution in [1.29, 1.82) is 5.26 Å². The predicted molar refractivity (Wildman–Crippen MR) is 23.5 cm³/mol. The summed E-state index contributed by atoms with van der Waals surface area (Å²) in [6.45, 7) is 1.89. The third-order valence-corrected chi connectivity index (χ3v) is 1.01. The van der Waals surface area contributed by atoms with E-state index in [4.69, 9.17) is 5.26 Å². The van der Waals surface area contributed by atoms with Gasteiger partial charge in [0.2, 0.25) is 0 Å². The number of hydrogen-bond acceptors (Lipinski definition) is 3. The summed E-state index contributed by atoms with van der Waals surface area (Å²) in [4.78, 5) is 0. The van der Waals surface area contributed by atoms with Crippen LogP contribution in [0.4, 0.5) is 0 Å². The van der Waals surface area contributed by atoms with Crippen molar-refractivity contribution in [1.82, 2.24) is 0 Å². The molecule has 0 atom stereocenters. The van der Waals surface area contributed by atoms with Gasteiger partial charge < -0.3 is 0 Å². The molecule has 3 heteroatoms.